The zero-order chi connectivity index (χ0) is 22.8. The molecule has 3 rings (SSSR count). The van der Waals surface area contributed by atoms with E-state index in [9.17, 15) is 18.0 Å². The molecule has 2 aliphatic heterocycles. The average Bonchev–Trinajstić information content (AvgIpc) is 3.30. The van der Waals surface area contributed by atoms with Crippen LogP contribution >= 0.6 is 0 Å². The minimum Gasteiger partial charge on any atom is -0.444 e. The number of likely N-dealkylation sites (tertiary alicyclic amines) is 2. The topological polar surface area (TPSA) is 108 Å². The van der Waals surface area contributed by atoms with Crippen molar-refractivity contribution in [1.29, 1.82) is 0 Å². The summed E-state index contributed by atoms with van der Waals surface area (Å²) < 4.78 is 34.8. The zero-order valence-electron chi connectivity index (χ0n) is 18.4. The molecule has 0 saturated carbocycles. The van der Waals surface area contributed by atoms with E-state index in [1.807, 2.05) is 11.9 Å². The van der Waals surface area contributed by atoms with Gasteiger partial charge in [-0.05, 0) is 58.2 Å². The van der Waals surface area contributed by atoms with Gasteiger partial charge in [-0.25, -0.2) is 4.79 Å². The largest absolute Gasteiger partial charge is 0.444 e. The molecule has 1 aromatic carbocycles. The van der Waals surface area contributed by atoms with Gasteiger partial charge < -0.3 is 15.0 Å². The van der Waals surface area contributed by atoms with Crippen LogP contribution in [-0.2, 0) is 19.6 Å². The monoisotopic (exact) mass is 450 g/mol. The van der Waals surface area contributed by atoms with E-state index in [0.29, 0.717) is 37.3 Å². The van der Waals surface area contributed by atoms with Gasteiger partial charge in [-0.15, -0.1) is 4.40 Å². The van der Waals surface area contributed by atoms with Crippen molar-refractivity contribution < 1.29 is 22.7 Å². The molecule has 2 heterocycles. The van der Waals surface area contributed by atoms with Crippen LogP contribution in [-0.4, -0.2) is 67.8 Å². The second-order valence-corrected chi connectivity index (χ2v) is 10.5. The lowest BCUT2D eigenvalue weighted by Crippen LogP contribution is -2.45. The molecule has 0 radical (unpaired) electrons. The summed E-state index contributed by atoms with van der Waals surface area (Å²) in [6.45, 7) is 6.53. The number of anilines is 1. The van der Waals surface area contributed by atoms with E-state index in [1.54, 1.807) is 32.9 Å². The predicted octanol–water partition coefficient (Wildman–Crippen LogP) is 2.84. The number of hydrogen-bond donors (Lipinski definition) is 1. The fourth-order valence-electron chi connectivity index (χ4n) is 3.64. The summed E-state index contributed by atoms with van der Waals surface area (Å²) in [7, 11) is -2.07. The number of nitrogens with zero attached hydrogens (tertiary/aromatic N) is 3. The Morgan fingerprint density at radius 3 is 2.58 bits per heavy atom. The number of ether oxygens (including phenoxy) is 1. The summed E-state index contributed by atoms with van der Waals surface area (Å²) in [4.78, 5) is 28.5. The van der Waals surface area contributed by atoms with E-state index >= 15 is 0 Å². The first-order valence-corrected chi connectivity index (χ1v) is 11.9. The number of amidine groups is 1. The van der Waals surface area contributed by atoms with Gasteiger partial charge in [0, 0.05) is 32.2 Å². The molecule has 2 amide bonds. The maximum absolute atomic E-state index is 12.8. The quantitative estimate of drug-likeness (QED) is 0.756. The van der Waals surface area contributed by atoms with Crippen molar-refractivity contribution in [2.75, 3.05) is 25.5 Å². The average molecular weight is 451 g/mol. The summed E-state index contributed by atoms with van der Waals surface area (Å²) in [6, 6.07) is 5.34. The van der Waals surface area contributed by atoms with Gasteiger partial charge in [0.2, 0.25) is 5.91 Å². The first-order valence-electron chi connectivity index (χ1n) is 10.4. The molecular weight excluding hydrogens is 420 g/mol. The molecule has 1 N–H and O–H groups in total. The van der Waals surface area contributed by atoms with Crippen LogP contribution in [0, 0.1) is 0 Å². The normalized spacial score (nSPS) is 20.9. The minimum atomic E-state index is -3.89. The third-order valence-electron chi connectivity index (χ3n) is 5.14. The van der Waals surface area contributed by atoms with Crippen molar-refractivity contribution in [3.63, 3.8) is 0 Å². The fourth-order valence-corrected chi connectivity index (χ4v) is 4.78. The highest BCUT2D eigenvalue weighted by atomic mass is 32.2. The van der Waals surface area contributed by atoms with Crippen LogP contribution < -0.4 is 5.32 Å². The molecule has 2 aliphatic rings. The highest BCUT2D eigenvalue weighted by Crippen LogP contribution is 2.24. The highest BCUT2D eigenvalue weighted by Gasteiger charge is 2.36. The second kappa shape index (κ2) is 8.86. The maximum atomic E-state index is 12.8. The van der Waals surface area contributed by atoms with Crippen LogP contribution in [0.2, 0.25) is 0 Å². The van der Waals surface area contributed by atoms with Crippen molar-refractivity contribution >= 4 is 33.5 Å². The van der Waals surface area contributed by atoms with Gasteiger partial charge in [0.25, 0.3) is 10.0 Å². The molecule has 2 saturated heterocycles. The molecule has 9 nitrogen and oxygen atoms in total. The van der Waals surface area contributed by atoms with E-state index in [4.69, 9.17) is 4.74 Å². The van der Waals surface area contributed by atoms with Crippen LogP contribution in [0.3, 0.4) is 0 Å². The molecule has 0 unspecified atom stereocenters. The van der Waals surface area contributed by atoms with Crippen LogP contribution in [0.5, 0.6) is 0 Å². The standard InChI is InChI=1S/C21H30N4O5S/c1-21(2,3)30-20(27)25-13-6-10-17(25)19(26)22-15-8-5-9-16(14-15)31(28,29)23-18-11-7-12-24(18)4/h5,8-9,14,17H,6-7,10-13H2,1-4H3,(H,22,26)/b23-18+/t17-/m0/s1. The molecular formula is C21H30N4O5S. The van der Waals surface area contributed by atoms with Gasteiger partial charge in [0.15, 0.2) is 0 Å². The fraction of sp³-hybridized carbons (Fsp3) is 0.571. The van der Waals surface area contributed by atoms with Crippen molar-refractivity contribution in [2.24, 2.45) is 4.40 Å². The lowest BCUT2D eigenvalue weighted by molar-refractivity contribution is -0.120. The SMILES string of the molecule is CN1CCC/C1=N\S(=O)(=O)c1cccc(NC(=O)[C@@H]2CCCN2C(=O)OC(C)(C)C)c1. The molecule has 1 atom stereocenters. The van der Waals surface area contributed by atoms with Crippen LogP contribution in [0.25, 0.3) is 0 Å². The number of rotatable bonds is 4. The molecule has 0 aliphatic carbocycles. The Morgan fingerprint density at radius 2 is 1.94 bits per heavy atom. The predicted molar refractivity (Wildman–Crippen MR) is 118 cm³/mol. The number of sulfonamides is 1. The van der Waals surface area contributed by atoms with Crippen LogP contribution in [0.15, 0.2) is 33.6 Å². The molecule has 10 heteroatoms. The number of carbonyl (C=O) groups excluding carboxylic acids is 2. The maximum Gasteiger partial charge on any atom is 0.410 e. The number of benzene rings is 1. The molecule has 0 spiro atoms. The number of carbonyl (C=O) groups is 2. The number of hydrogen-bond acceptors (Lipinski definition) is 5. The van der Waals surface area contributed by atoms with E-state index < -0.39 is 27.8 Å². The Kier molecular flexibility index (Phi) is 6.59. The van der Waals surface area contributed by atoms with Gasteiger partial charge in [0.05, 0.1) is 4.90 Å². The molecule has 31 heavy (non-hydrogen) atoms. The van der Waals surface area contributed by atoms with Crippen molar-refractivity contribution in [2.45, 2.75) is 63.0 Å². The summed E-state index contributed by atoms with van der Waals surface area (Å²) in [5.74, 6) is 0.160. The first-order chi connectivity index (χ1) is 14.5. The van der Waals surface area contributed by atoms with Crippen molar-refractivity contribution in [1.82, 2.24) is 9.80 Å². The van der Waals surface area contributed by atoms with Gasteiger partial charge in [-0.3, -0.25) is 9.69 Å². The lowest BCUT2D eigenvalue weighted by atomic mass is 10.2. The van der Waals surface area contributed by atoms with Gasteiger partial charge >= 0.3 is 6.09 Å². The minimum absolute atomic E-state index is 0.00789. The number of amides is 2. The molecule has 170 valence electrons. The first kappa shape index (κ1) is 23.1. The Labute approximate surface area is 183 Å². The highest BCUT2D eigenvalue weighted by molar-refractivity contribution is 7.90. The smallest absolute Gasteiger partial charge is 0.410 e. The third-order valence-corrected chi connectivity index (χ3v) is 6.44. The zero-order valence-corrected chi connectivity index (χ0v) is 19.2. The Hall–Kier alpha value is -2.62. The molecule has 2 fully saturated rings. The van der Waals surface area contributed by atoms with E-state index in [0.717, 1.165) is 13.0 Å². The second-order valence-electron chi connectivity index (χ2n) is 8.86. The van der Waals surface area contributed by atoms with E-state index in [1.165, 1.54) is 17.0 Å². The summed E-state index contributed by atoms with van der Waals surface area (Å²) >= 11 is 0. The summed E-state index contributed by atoms with van der Waals surface area (Å²) in [5.41, 5.74) is -0.319. The van der Waals surface area contributed by atoms with E-state index in [-0.39, 0.29) is 10.8 Å². The lowest BCUT2D eigenvalue weighted by Gasteiger charge is -2.28. The summed E-state index contributed by atoms with van der Waals surface area (Å²) in [6.07, 6.45) is 2.17. The molecule has 0 aromatic heterocycles. The van der Waals surface area contributed by atoms with Crippen LogP contribution in [0.1, 0.15) is 46.5 Å². The Balaban J connectivity index is 1.73. The van der Waals surface area contributed by atoms with Gasteiger partial charge in [0.1, 0.15) is 17.5 Å². The summed E-state index contributed by atoms with van der Waals surface area (Å²) in [5, 5.41) is 2.73. The number of nitrogens with one attached hydrogen (secondary N) is 1. The molecule has 0 bridgehead atoms. The third kappa shape index (κ3) is 5.75. The van der Waals surface area contributed by atoms with Gasteiger partial charge in [-0.2, -0.15) is 8.42 Å². The molecule has 1 aromatic rings. The Bertz CT molecular complexity index is 984. The van der Waals surface area contributed by atoms with Crippen molar-refractivity contribution in [3.8, 4) is 0 Å². The van der Waals surface area contributed by atoms with Crippen molar-refractivity contribution in [3.05, 3.63) is 24.3 Å². The van der Waals surface area contributed by atoms with E-state index in [2.05, 4.69) is 9.71 Å². The van der Waals surface area contributed by atoms with Gasteiger partial charge in [-0.1, -0.05) is 6.07 Å². The Morgan fingerprint density at radius 1 is 1.19 bits per heavy atom. The van der Waals surface area contributed by atoms with Crippen LogP contribution in [0.4, 0.5) is 10.5 Å².